The lowest BCUT2D eigenvalue weighted by Crippen LogP contribution is -2.11. The van der Waals surface area contributed by atoms with Gasteiger partial charge in [0.1, 0.15) is 6.33 Å². The van der Waals surface area contributed by atoms with E-state index in [9.17, 15) is 5.11 Å². The summed E-state index contributed by atoms with van der Waals surface area (Å²) >= 11 is 0. The van der Waals surface area contributed by atoms with Gasteiger partial charge in [0.25, 0.3) is 0 Å². The molecule has 4 nitrogen and oxygen atoms in total. The van der Waals surface area contributed by atoms with Gasteiger partial charge in [-0.2, -0.15) is 0 Å². The smallest absolute Gasteiger partial charge is 0.115 e. The molecule has 1 unspecified atom stereocenters. The number of rotatable bonds is 1. The summed E-state index contributed by atoms with van der Waals surface area (Å²) in [5.41, 5.74) is 3.20. The van der Waals surface area contributed by atoms with Crippen LogP contribution in [0.4, 0.5) is 0 Å². The van der Waals surface area contributed by atoms with Gasteiger partial charge in [-0.15, -0.1) is 0 Å². The fourth-order valence-electron chi connectivity index (χ4n) is 2.32. The van der Waals surface area contributed by atoms with Crippen molar-refractivity contribution in [1.29, 1.82) is 0 Å². The van der Waals surface area contributed by atoms with Gasteiger partial charge in [0.2, 0.25) is 0 Å². The third-order valence-corrected chi connectivity index (χ3v) is 3.10. The van der Waals surface area contributed by atoms with Crippen LogP contribution in [0.2, 0.25) is 0 Å². The molecular weight excluding hydrogens is 202 g/mol. The number of hydrogen-bond acceptors (Lipinski definition) is 3. The molecule has 0 bridgehead atoms. The summed E-state index contributed by atoms with van der Waals surface area (Å²) in [5, 5.41) is 9.88. The maximum atomic E-state index is 9.88. The van der Waals surface area contributed by atoms with Crippen LogP contribution >= 0.6 is 0 Å². The lowest BCUT2D eigenvalue weighted by Gasteiger charge is -2.19. The minimum atomic E-state index is -0.311. The van der Waals surface area contributed by atoms with E-state index in [2.05, 4.69) is 14.5 Å². The zero-order valence-electron chi connectivity index (χ0n) is 8.87. The molecule has 1 aliphatic carbocycles. The van der Waals surface area contributed by atoms with Crippen molar-refractivity contribution in [3.8, 4) is 5.69 Å². The highest BCUT2D eigenvalue weighted by Crippen LogP contribution is 2.31. The van der Waals surface area contributed by atoms with Crippen LogP contribution in [-0.4, -0.2) is 19.6 Å². The molecule has 0 fully saturated rings. The van der Waals surface area contributed by atoms with Gasteiger partial charge < -0.3 is 9.67 Å². The van der Waals surface area contributed by atoms with E-state index in [1.54, 1.807) is 12.4 Å². The highest BCUT2D eigenvalue weighted by atomic mass is 16.3. The summed E-state index contributed by atoms with van der Waals surface area (Å²) < 4.78 is 2.07. The molecule has 2 aromatic heterocycles. The lowest BCUT2D eigenvalue weighted by molar-refractivity contribution is 0.156. The summed E-state index contributed by atoms with van der Waals surface area (Å²) in [6, 6.07) is 1.99. The number of nitrogens with zero attached hydrogens (tertiary/aromatic N) is 3. The topological polar surface area (TPSA) is 50.9 Å². The summed E-state index contributed by atoms with van der Waals surface area (Å²) in [5.74, 6) is 0. The standard InChI is InChI=1S/C12H13N3O/c16-12-3-1-2-11-10(12)4-5-15(11)9-6-13-8-14-7-9/h4-8,12,16H,1-3H2. The molecular formula is C12H13N3O. The van der Waals surface area contributed by atoms with E-state index >= 15 is 0 Å². The maximum absolute atomic E-state index is 9.88. The van der Waals surface area contributed by atoms with E-state index in [4.69, 9.17) is 0 Å². The number of hydrogen-bond donors (Lipinski definition) is 1. The number of aromatic nitrogens is 3. The predicted molar refractivity (Wildman–Crippen MR) is 59.3 cm³/mol. The summed E-state index contributed by atoms with van der Waals surface area (Å²) in [7, 11) is 0. The van der Waals surface area contributed by atoms with E-state index in [1.807, 2.05) is 12.3 Å². The average molecular weight is 215 g/mol. The Morgan fingerprint density at radius 2 is 2.12 bits per heavy atom. The second-order valence-electron chi connectivity index (χ2n) is 4.09. The van der Waals surface area contributed by atoms with E-state index in [0.29, 0.717) is 0 Å². The summed E-state index contributed by atoms with van der Waals surface area (Å²) in [6.45, 7) is 0. The van der Waals surface area contributed by atoms with Crippen molar-refractivity contribution in [3.05, 3.63) is 42.2 Å². The van der Waals surface area contributed by atoms with Crippen LogP contribution in [0, 0.1) is 0 Å². The summed E-state index contributed by atoms with van der Waals surface area (Å²) in [4.78, 5) is 8.03. The van der Waals surface area contributed by atoms with Crippen LogP contribution in [0.3, 0.4) is 0 Å². The van der Waals surface area contributed by atoms with E-state index in [1.165, 1.54) is 12.0 Å². The highest BCUT2D eigenvalue weighted by molar-refractivity contribution is 5.36. The van der Waals surface area contributed by atoms with Crippen molar-refractivity contribution < 1.29 is 5.11 Å². The largest absolute Gasteiger partial charge is 0.388 e. The van der Waals surface area contributed by atoms with Crippen LogP contribution in [0.1, 0.15) is 30.2 Å². The van der Waals surface area contributed by atoms with Crippen LogP contribution in [0.15, 0.2) is 31.0 Å². The third kappa shape index (κ3) is 1.42. The van der Waals surface area contributed by atoms with Gasteiger partial charge in [0, 0.05) is 17.5 Å². The number of fused-ring (bicyclic) bond motifs is 1. The molecule has 16 heavy (non-hydrogen) atoms. The van der Waals surface area contributed by atoms with Crippen molar-refractivity contribution in [2.75, 3.05) is 0 Å². The van der Waals surface area contributed by atoms with Gasteiger partial charge in [-0.3, -0.25) is 0 Å². The summed E-state index contributed by atoms with van der Waals surface area (Å²) in [6.07, 6.45) is 9.67. The first kappa shape index (κ1) is 9.54. The van der Waals surface area contributed by atoms with E-state index in [0.717, 1.165) is 30.5 Å². The van der Waals surface area contributed by atoms with Crippen LogP contribution in [0.5, 0.6) is 0 Å². The van der Waals surface area contributed by atoms with Crippen molar-refractivity contribution in [3.63, 3.8) is 0 Å². The molecule has 0 spiro atoms. The maximum Gasteiger partial charge on any atom is 0.115 e. The molecule has 0 aliphatic heterocycles. The Labute approximate surface area is 93.6 Å². The zero-order valence-corrected chi connectivity index (χ0v) is 8.87. The van der Waals surface area contributed by atoms with E-state index < -0.39 is 0 Å². The molecule has 0 saturated heterocycles. The molecule has 82 valence electrons. The van der Waals surface area contributed by atoms with Gasteiger partial charge >= 0.3 is 0 Å². The molecule has 0 amide bonds. The Hall–Kier alpha value is -1.68. The van der Waals surface area contributed by atoms with E-state index in [-0.39, 0.29) is 6.10 Å². The quantitative estimate of drug-likeness (QED) is 0.786. The van der Waals surface area contributed by atoms with Gasteiger partial charge in [0.15, 0.2) is 0 Å². The van der Waals surface area contributed by atoms with Crippen LogP contribution < -0.4 is 0 Å². The molecule has 2 aromatic rings. The molecule has 4 heteroatoms. The highest BCUT2D eigenvalue weighted by Gasteiger charge is 2.21. The molecule has 3 rings (SSSR count). The van der Waals surface area contributed by atoms with Gasteiger partial charge in [-0.1, -0.05) is 0 Å². The fraction of sp³-hybridized carbons (Fsp3) is 0.333. The third-order valence-electron chi connectivity index (χ3n) is 3.10. The molecule has 1 aliphatic rings. The minimum absolute atomic E-state index is 0.311. The van der Waals surface area contributed by atoms with Crippen LogP contribution in [0.25, 0.3) is 5.69 Å². The van der Waals surface area contributed by atoms with Gasteiger partial charge in [-0.05, 0) is 25.3 Å². The Kier molecular flexibility index (Phi) is 2.22. The second-order valence-corrected chi connectivity index (χ2v) is 4.09. The minimum Gasteiger partial charge on any atom is -0.388 e. The average Bonchev–Trinajstić information content (AvgIpc) is 2.75. The molecule has 2 heterocycles. The number of aliphatic hydroxyl groups excluding tert-OH is 1. The monoisotopic (exact) mass is 215 g/mol. The Morgan fingerprint density at radius 1 is 1.31 bits per heavy atom. The van der Waals surface area contributed by atoms with Crippen molar-refractivity contribution >= 4 is 0 Å². The van der Waals surface area contributed by atoms with Gasteiger partial charge in [0.05, 0.1) is 24.2 Å². The molecule has 0 aromatic carbocycles. The molecule has 0 radical (unpaired) electrons. The van der Waals surface area contributed by atoms with Crippen molar-refractivity contribution in [1.82, 2.24) is 14.5 Å². The SMILES string of the molecule is OC1CCCc2c1ccn2-c1cncnc1. The van der Waals surface area contributed by atoms with Crippen molar-refractivity contribution in [2.24, 2.45) is 0 Å². The van der Waals surface area contributed by atoms with Gasteiger partial charge in [-0.25, -0.2) is 9.97 Å². The predicted octanol–water partition coefficient (Wildman–Crippen LogP) is 1.64. The molecule has 1 N–H and O–H groups in total. The first-order valence-corrected chi connectivity index (χ1v) is 5.50. The Morgan fingerprint density at radius 3 is 2.94 bits per heavy atom. The Bertz CT molecular complexity index is 492. The van der Waals surface area contributed by atoms with Crippen LogP contribution in [-0.2, 0) is 6.42 Å². The number of aliphatic hydroxyl groups is 1. The fourth-order valence-corrected chi connectivity index (χ4v) is 2.32. The first-order chi connectivity index (χ1) is 7.86. The normalized spacial score (nSPS) is 19.4. The Balaban J connectivity index is 2.10. The molecule has 1 atom stereocenters. The second kappa shape index (κ2) is 3.72. The lowest BCUT2D eigenvalue weighted by atomic mass is 9.95. The van der Waals surface area contributed by atoms with Crippen molar-refractivity contribution in [2.45, 2.75) is 25.4 Å². The first-order valence-electron chi connectivity index (χ1n) is 5.50. The zero-order chi connectivity index (χ0) is 11.0. The molecule has 0 saturated carbocycles.